The molecule has 0 fully saturated rings. The molecule has 60 valence electrons. The minimum absolute atomic E-state index is 0.0586. The topological polar surface area (TPSA) is 60.2 Å². The summed E-state index contributed by atoms with van der Waals surface area (Å²) in [4.78, 5) is 0.429. The summed E-state index contributed by atoms with van der Waals surface area (Å²) in [6.45, 7) is 0. The Bertz CT molecular complexity index is 359. The van der Waals surface area contributed by atoms with E-state index in [9.17, 15) is 8.42 Å². The highest BCUT2D eigenvalue weighted by molar-refractivity contribution is 7.90. The molecule has 0 heterocycles. The molecule has 0 bridgehead atoms. The van der Waals surface area contributed by atoms with E-state index < -0.39 is 10.0 Å². The smallest absolute Gasteiger partial charge is 0.225 e. The predicted molar refractivity (Wildman–Crippen MR) is 45.1 cm³/mol. The fourth-order valence-electron chi connectivity index (χ4n) is 0.698. The fraction of sp³-hybridized carbons (Fsp3) is 0. The lowest BCUT2D eigenvalue weighted by Crippen LogP contribution is -2.12. The Hall–Kier alpha value is -0.520. The van der Waals surface area contributed by atoms with Crippen molar-refractivity contribution in [3.8, 4) is 0 Å². The van der Waals surface area contributed by atoms with Gasteiger partial charge in [0.2, 0.25) is 10.0 Å². The van der Waals surface area contributed by atoms with Crippen molar-refractivity contribution >= 4 is 22.7 Å². The molecule has 5 heteroatoms. The largest absolute Gasteiger partial charge is 0.239 e. The Morgan fingerprint density at radius 3 is 2.18 bits per heavy atom. The van der Waals surface area contributed by atoms with Crippen LogP contribution in [0, 0.1) is 0 Å². The van der Waals surface area contributed by atoms with E-state index in [-0.39, 0.29) is 4.90 Å². The first-order chi connectivity index (χ1) is 5.02. The van der Waals surface area contributed by atoms with Gasteiger partial charge in [0.05, 0.1) is 4.90 Å². The first-order valence-electron chi connectivity index (χ1n) is 2.82. The zero-order chi connectivity index (χ0) is 8.48. The van der Waals surface area contributed by atoms with Crippen molar-refractivity contribution in [1.82, 2.24) is 0 Å². The van der Waals surface area contributed by atoms with E-state index >= 15 is 0 Å². The number of nitrogens with two attached hydrogens (primary N) is 1. The summed E-state index contributed by atoms with van der Waals surface area (Å²) in [5.74, 6) is 0. The molecule has 11 heavy (non-hydrogen) atoms. The average Bonchev–Trinajstić information content (AvgIpc) is 1.86. The molecule has 1 aromatic rings. The molecule has 0 aliphatic carbocycles. The van der Waals surface area contributed by atoms with Gasteiger partial charge >= 0.3 is 0 Å². The van der Waals surface area contributed by atoms with Crippen molar-refractivity contribution < 1.29 is 8.42 Å². The summed E-state index contributed by atoms with van der Waals surface area (Å²) in [6.07, 6.45) is 0. The first kappa shape index (κ1) is 8.58. The van der Waals surface area contributed by atoms with Crippen LogP contribution in [0.5, 0.6) is 0 Å². The van der Waals surface area contributed by atoms with Gasteiger partial charge in [-0.2, -0.15) is 0 Å². The lowest BCUT2D eigenvalue weighted by molar-refractivity contribution is 0.596. The van der Waals surface area contributed by atoms with Gasteiger partial charge in [0.25, 0.3) is 0 Å². The Balaban J connectivity index is 3.37. The van der Waals surface area contributed by atoms with Gasteiger partial charge in [0.15, 0.2) is 0 Å². The molecule has 0 radical (unpaired) electrons. The van der Waals surface area contributed by atoms with Crippen LogP contribution in [0.3, 0.4) is 0 Å². The highest BCUT2D eigenvalue weighted by atomic mass is 32.2. The Kier molecular flexibility index (Phi) is 2.22. The highest BCUT2D eigenvalue weighted by Crippen LogP contribution is 2.16. The van der Waals surface area contributed by atoms with Crippen molar-refractivity contribution in [2.75, 3.05) is 0 Å². The number of thiol groups is 1. The summed E-state index contributed by atoms with van der Waals surface area (Å²) >= 11 is 3.93. The third-order valence-electron chi connectivity index (χ3n) is 1.17. The van der Waals surface area contributed by atoms with Crippen LogP contribution in [0.2, 0.25) is 0 Å². The number of rotatable bonds is 1. The van der Waals surface area contributed by atoms with Gasteiger partial charge in [0.1, 0.15) is 0 Å². The monoisotopic (exact) mass is 189 g/mol. The van der Waals surface area contributed by atoms with Crippen LogP contribution in [-0.4, -0.2) is 8.42 Å². The van der Waals surface area contributed by atoms with E-state index in [2.05, 4.69) is 12.6 Å². The first-order valence-corrected chi connectivity index (χ1v) is 4.82. The van der Waals surface area contributed by atoms with Gasteiger partial charge in [-0.05, 0) is 12.1 Å². The van der Waals surface area contributed by atoms with E-state index in [1.54, 1.807) is 18.2 Å². The molecule has 0 atom stereocenters. The Labute approximate surface area is 70.7 Å². The van der Waals surface area contributed by atoms with Crippen LogP contribution in [0.15, 0.2) is 34.1 Å². The lowest BCUT2D eigenvalue weighted by Gasteiger charge is -1.99. The molecule has 1 rings (SSSR count). The molecule has 2 N–H and O–H groups in total. The van der Waals surface area contributed by atoms with E-state index in [0.717, 1.165) is 0 Å². The Morgan fingerprint density at radius 2 is 1.82 bits per heavy atom. The summed E-state index contributed by atoms with van der Waals surface area (Å²) in [5, 5.41) is 4.88. The van der Waals surface area contributed by atoms with Crippen LogP contribution >= 0.6 is 12.6 Å². The van der Waals surface area contributed by atoms with Crippen molar-refractivity contribution in [1.29, 1.82) is 0 Å². The number of hydrogen-bond donors (Lipinski definition) is 2. The molecule has 0 aliphatic rings. The van der Waals surface area contributed by atoms with Crippen LogP contribution in [0.1, 0.15) is 0 Å². The minimum Gasteiger partial charge on any atom is -0.225 e. The predicted octanol–water partition coefficient (Wildman–Crippen LogP) is 0.623. The molecule has 3 nitrogen and oxygen atoms in total. The molecule has 0 amide bonds. The van der Waals surface area contributed by atoms with Gasteiger partial charge in [-0.1, -0.05) is 12.1 Å². The second-order valence-electron chi connectivity index (χ2n) is 2.01. The third kappa shape index (κ3) is 1.95. The Morgan fingerprint density at radius 1 is 1.27 bits per heavy atom. The van der Waals surface area contributed by atoms with Crippen LogP contribution in [0.25, 0.3) is 0 Å². The van der Waals surface area contributed by atoms with E-state index in [1.807, 2.05) is 0 Å². The zero-order valence-corrected chi connectivity index (χ0v) is 7.27. The van der Waals surface area contributed by atoms with Gasteiger partial charge < -0.3 is 0 Å². The summed E-state index contributed by atoms with van der Waals surface area (Å²) in [5.41, 5.74) is 0. The summed E-state index contributed by atoms with van der Waals surface area (Å²) in [6, 6.07) is 6.27. The van der Waals surface area contributed by atoms with Gasteiger partial charge in [-0.25, -0.2) is 13.6 Å². The minimum atomic E-state index is -3.61. The van der Waals surface area contributed by atoms with Crippen molar-refractivity contribution in [3.05, 3.63) is 24.3 Å². The van der Waals surface area contributed by atoms with Gasteiger partial charge in [0, 0.05) is 4.90 Å². The lowest BCUT2D eigenvalue weighted by atomic mass is 10.4. The number of benzene rings is 1. The number of hydrogen-bond acceptors (Lipinski definition) is 3. The van der Waals surface area contributed by atoms with E-state index in [1.165, 1.54) is 6.07 Å². The summed E-state index contributed by atoms with van der Waals surface area (Å²) < 4.78 is 21.6. The quantitative estimate of drug-likeness (QED) is 0.636. The molecule has 0 spiro atoms. The SMILES string of the molecule is NS(=O)(=O)c1ccccc1S. The molecule has 0 unspecified atom stereocenters. The normalized spacial score (nSPS) is 11.5. The van der Waals surface area contributed by atoms with Crippen LogP contribution < -0.4 is 5.14 Å². The third-order valence-corrected chi connectivity index (χ3v) is 2.68. The molecular weight excluding hydrogens is 182 g/mol. The maximum Gasteiger partial charge on any atom is 0.239 e. The average molecular weight is 189 g/mol. The van der Waals surface area contributed by atoms with Crippen LogP contribution in [-0.2, 0) is 10.0 Å². The van der Waals surface area contributed by atoms with E-state index in [0.29, 0.717) is 4.90 Å². The van der Waals surface area contributed by atoms with E-state index in [4.69, 9.17) is 5.14 Å². The zero-order valence-electron chi connectivity index (χ0n) is 5.56. The van der Waals surface area contributed by atoms with Gasteiger partial charge in [-0.15, -0.1) is 12.6 Å². The maximum atomic E-state index is 10.8. The second kappa shape index (κ2) is 2.84. The highest BCUT2D eigenvalue weighted by Gasteiger charge is 2.09. The number of primary sulfonamides is 1. The second-order valence-corrected chi connectivity index (χ2v) is 4.02. The summed E-state index contributed by atoms with van der Waals surface area (Å²) in [7, 11) is -3.61. The number of sulfonamides is 1. The maximum absolute atomic E-state index is 10.8. The van der Waals surface area contributed by atoms with Crippen molar-refractivity contribution in [3.63, 3.8) is 0 Å². The van der Waals surface area contributed by atoms with Crippen LogP contribution in [0.4, 0.5) is 0 Å². The molecule has 0 saturated carbocycles. The molecular formula is C6H7NO2S2. The standard InChI is InChI=1S/C6H7NO2S2/c7-11(8,9)6-4-2-1-3-5(6)10/h1-4,10H,(H2,7,8,9). The van der Waals surface area contributed by atoms with Crippen molar-refractivity contribution in [2.45, 2.75) is 9.79 Å². The van der Waals surface area contributed by atoms with Crippen molar-refractivity contribution in [2.24, 2.45) is 5.14 Å². The molecule has 0 aromatic heterocycles. The molecule has 0 saturated heterocycles. The molecule has 1 aromatic carbocycles. The molecule has 0 aliphatic heterocycles. The van der Waals surface area contributed by atoms with Gasteiger partial charge in [-0.3, -0.25) is 0 Å². The fourth-order valence-corrected chi connectivity index (χ4v) is 1.87.